The van der Waals surface area contributed by atoms with Gasteiger partial charge in [0.1, 0.15) is 0 Å². The van der Waals surface area contributed by atoms with Crippen molar-refractivity contribution >= 4 is 18.9 Å². The molecule has 0 aromatic carbocycles. The first-order chi connectivity index (χ1) is 2.81. The van der Waals surface area contributed by atoms with Gasteiger partial charge in [-0.05, 0) is 12.8 Å². The Morgan fingerprint density at radius 2 is 1.57 bits per heavy atom. The van der Waals surface area contributed by atoms with Crippen LogP contribution in [0.2, 0.25) is 0 Å². The van der Waals surface area contributed by atoms with E-state index >= 15 is 0 Å². The summed E-state index contributed by atoms with van der Waals surface area (Å²) in [6.45, 7) is 4.21. The molecular weight excluding hydrogens is 81.0 g/mol. The van der Waals surface area contributed by atoms with Gasteiger partial charge >= 0.3 is 18.9 Å². The summed E-state index contributed by atoms with van der Waals surface area (Å²) in [6, 6.07) is 0.435. The summed E-state index contributed by atoms with van der Waals surface area (Å²) in [5.41, 5.74) is 5.47. The minimum absolute atomic E-state index is 0. The summed E-state index contributed by atoms with van der Waals surface area (Å²) in [4.78, 5) is 0. The average molecular weight is 95.1 g/mol. The van der Waals surface area contributed by atoms with E-state index in [1.807, 2.05) is 0 Å². The van der Waals surface area contributed by atoms with Crippen molar-refractivity contribution in [3.63, 3.8) is 0 Å². The molecule has 0 atom stereocenters. The standard InChI is InChI=1S/C5H13N.Li.H/c1-3-5(6)4-2;;/h5H,3-4,6H2,1-2H3;;. The fourth-order valence-corrected chi connectivity index (χ4v) is 0.289. The molecule has 0 radical (unpaired) electrons. The first kappa shape index (κ1) is 10.5. The molecule has 0 unspecified atom stereocenters. The maximum absolute atomic E-state index is 5.47. The van der Waals surface area contributed by atoms with E-state index in [0.29, 0.717) is 6.04 Å². The van der Waals surface area contributed by atoms with Crippen molar-refractivity contribution in [2.75, 3.05) is 0 Å². The summed E-state index contributed by atoms with van der Waals surface area (Å²) < 4.78 is 0. The van der Waals surface area contributed by atoms with Crippen molar-refractivity contribution in [2.45, 2.75) is 32.7 Å². The van der Waals surface area contributed by atoms with Crippen molar-refractivity contribution in [3.8, 4) is 0 Å². The molecule has 0 aromatic rings. The van der Waals surface area contributed by atoms with Crippen LogP contribution in [0.1, 0.15) is 26.7 Å². The van der Waals surface area contributed by atoms with E-state index in [9.17, 15) is 0 Å². The van der Waals surface area contributed by atoms with E-state index in [2.05, 4.69) is 13.8 Å². The second-order valence-electron chi connectivity index (χ2n) is 1.58. The summed E-state index contributed by atoms with van der Waals surface area (Å²) in [6.07, 6.45) is 2.22. The second kappa shape index (κ2) is 6.56. The molecule has 0 aliphatic rings. The van der Waals surface area contributed by atoms with Crippen LogP contribution >= 0.6 is 0 Å². The molecule has 0 spiro atoms. The molecule has 0 rings (SSSR count). The molecule has 1 nitrogen and oxygen atoms in total. The van der Waals surface area contributed by atoms with Crippen LogP contribution in [0.5, 0.6) is 0 Å². The van der Waals surface area contributed by atoms with E-state index in [0.717, 1.165) is 12.8 Å². The maximum atomic E-state index is 5.47. The van der Waals surface area contributed by atoms with E-state index in [-0.39, 0.29) is 18.9 Å². The van der Waals surface area contributed by atoms with Crippen molar-refractivity contribution in [1.82, 2.24) is 0 Å². The molecule has 7 heavy (non-hydrogen) atoms. The molecule has 0 aliphatic heterocycles. The van der Waals surface area contributed by atoms with Crippen LogP contribution in [0, 0.1) is 0 Å². The normalized spacial score (nSPS) is 8.57. The Balaban J connectivity index is 0. The van der Waals surface area contributed by atoms with Crippen molar-refractivity contribution in [3.05, 3.63) is 0 Å². The van der Waals surface area contributed by atoms with Gasteiger partial charge in [-0.15, -0.1) is 0 Å². The third kappa shape index (κ3) is 6.56. The van der Waals surface area contributed by atoms with Gasteiger partial charge in [-0.1, -0.05) is 13.8 Å². The zero-order valence-electron chi connectivity index (χ0n) is 4.57. The molecule has 0 amide bonds. The second-order valence-corrected chi connectivity index (χ2v) is 1.58. The Hall–Kier alpha value is 0.557. The number of nitrogens with two attached hydrogens (primary N) is 1. The van der Waals surface area contributed by atoms with Crippen molar-refractivity contribution in [2.24, 2.45) is 5.73 Å². The number of hydrogen-bond acceptors (Lipinski definition) is 1. The molecule has 0 saturated carbocycles. The predicted molar refractivity (Wildman–Crippen MR) is 35.7 cm³/mol. The molecule has 0 heterocycles. The Labute approximate surface area is 57.8 Å². The van der Waals surface area contributed by atoms with Crippen LogP contribution in [-0.2, 0) is 0 Å². The first-order valence-electron chi connectivity index (χ1n) is 2.56. The van der Waals surface area contributed by atoms with Crippen molar-refractivity contribution in [1.29, 1.82) is 0 Å². The average Bonchev–Trinajstić information content (AvgIpc) is 1.65. The van der Waals surface area contributed by atoms with Crippen LogP contribution < -0.4 is 5.73 Å². The Bertz CT molecular complexity index is 27.3. The molecule has 0 saturated heterocycles. The Morgan fingerprint density at radius 1 is 1.29 bits per heavy atom. The van der Waals surface area contributed by atoms with Gasteiger partial charge in [-0.3, -0.25) is 0 Å². The van der Waals surface area contributed by atoms with Gasteiger partial charge in [0.05, 0.1) is 0 Å². The molecule has 40 valence electrons. The van der Waals surface area contributed by atoms with Crippen LogP contribution in [0.3, 0.4) is 0 Å². The molecule has 0 fully saturated rings. The van der Waals surface area contributed by atoms with Crippen molar-refractivity contribution < 1.29 is 0 Å². The van der Waals surface area contributed by atoms with Gasteiger partial charge in [-0.25, -0.2) is 0 Å². The Kier molecular flexibility index (Phi) is 9.86. The van der Waals surface area contributed by atoms with Gasteiger partial charge in [-0.2, -0.15) is 0 Å². The third-order valence-corrected chi connectivity index (χ3v) is 1.05. The van der Waals surface area contributed by atoms with Gasteiger partial charge in [0.15, 0.2) is 0 Å². The third-order valence-electron chi connectivity index (χ3n) is 1.05. The fraction of sp³-hybridized carbons (Fsp3) is 1.00. The summed E-state index contributed by atoms with van der Waals surface area (Å²) in [5.74, 6) is 0. The zero-order chi connectivity index (χ0) is 4.99. The van der Waals surface area contributed by atoms with Crippen LogP contribution in [0.4, 0.5) is 0 Å². The van der Waals surface area contributed by atoms with Gasteiger partial charge in [0, 0.05) is 6.04 Å². The Morgan fingerprint density at radius 3 is 1.57 bits per heavy atom. The fourth-order valence-electron chi connectivity index (χ4n) is 0.289. The number of hydrogen-bond donors (Lipinski definition) is 1. The van der Waals surface area contributed by atoms with Gasteiger partial charge in [0.25, 0.3) is 0 Å². The predicted octanol–water partition coefficient (Wildman–Crippen LogP) is 0.485. The van der Waals surface area contributed by atoms with E-state index in [1.54, 1.807) is 0 Å². The molecule has 2 heteroatoms. The topological polar surface area (TPSA) is 26.0 Å². The minimum atomic E-state index is 0. The molecular formula is C5H14LiN. The van der Waals surface area contributed by atoms with Crippen LogP contribution in [0.25, 0.3) is 0 Å². The van der Waals surface area contributed by atoms with Gasteiger partial charge < -0.3 is 5.73 Å². The van der Waals surface area contributed by atoms with E-state index < -0.39 is 0 Å². The molecule has 2 N–H and O–H groups in total. The molecule has 0 aromatic heterocycles. The summed E-state index contributed by atoms with van der Waals surface area (Å²) >= 11 is 0. The van der Waals surface area contributed by atoms with E-state index in [4.69, 9.17) is 5.73 Å². The quantitative estimate of drug-likeness (QED) is 0.496. The molecule has 0 bridgehead atoms. The van der Waals surface area contributed by atoms with E-state index in [1.165, 1.54) is 0 Å². The summed E-state index contributed by atoms with van der Waals surface area (Å²) in [7, 11) is 0. The monoisotopic (exact) mass is 95.1 g/mol. The zero-order valence-corrected chi connectivity index (χ0v) is 4.57. The first-order valence-corrected chi connectivity index (χ1v) is 2.56. The summed E-state index contributed by atoms with van der Waals surface area (Å²) in [5, 5.41) is 0. The van der Waals surface area contributed by atoms with Gasteiger partial charge in [0.2, 0.25) is 0 Å². The van der Waals surface area contributed by atoms with Crippen LogP contribution in [-0.4, -0.2) is 24.9 Å². The molecule has 0 aliphatic carbocycles. The number of rotatable bonds is 2. The van der Waals surface area contributed by atoms with Crippen LogP contribution in [0.15, 0.2) is 0 Å². The SMILES string of the molecule is CCC(N)CC.[LiH].